The standard InChI is InChI=1S/C19H23F6N3O2/c1-4-7-27(8-9-30-3)17(29)13(2)28(12-18(20,21)22)15-6-5-14(11-26)16(10-15)19(23,24)25/h5-6,10,13H,4,7-9,12H2,1-3H3/t13-/m0/s1. The van der Waals surface area contributed by atoms with E-state index in [1.165, 1.54) is 25.0 Å². The number of carbonyl (C=O) groups is 1. The minimum atomic E-state index is -4.94. The van der Waals surface area contributed by atoms with Crippen LogP contribution in [-0.4, -0.2) is 56.4 Å². The summed E-state index contributed by atoms with van der Waals surface area (Å²) in [6, 6.07) is 2.22. The number of methoxy groups -OCH3 is 1. The Labute approximate surface area is 170 Å². The fraction of sp³-hybridized carbons (Fsp3) is 0.579. The third-order valence-corrected chi connectivity index (χ3v) is 4.31. The molecule has 0 heterocycles. The molecule has 0 N–H and O–H groups in total. The summed E-state index contributed by atoms with van der Waals surface area (Å²) < 4.78 is 84.3. The first-order valence-electron chi connectivity index (χ1n) is 9.08. The molecule has 0 radical (unpaired) electrons. The van der Waals surface area contributed by atoms with Crippen molar-refractivity contribution in [3.8, 4) is 6.07 Å². The van der Waals surface area contributed by atoms with Crippen molar-refractivity contribution in [1.29, 1.82) is 5.26 Å². The SMILES string of the molecule is CCCN(CCOC)C(=O)[C@H](C)N(CC(F)(F)F)c1ccc(C#N)c(C(F)(F)F)c1. The highest BCUT2D eigenvalue weighted by molar-refractivity contribution is 5.85. The number of alkyl halides is 6. The Hall–Kier alpha value is -2.48. The number of carbonyl (C=O) groups excluding carboxylic acids is 1. The minimum absolute atomic E-state index is 0.133. The zero-order valence-corrected chi connectivity index (χ0v) is 16.8. The average molecular weight is 439 g/mol. The summed E-state index contributed by atoms with van der Waals surface area (Å²) in [6.45, 7) is 1.90. The second-order valence-electron chi connectivity index (χ2n) is 6.58. The van der Waals surface area contributed by atoms with E-state index in [0.29, 0.717) is 17.4 Å². The highest BCUT2D eigenvalue weighted by atomic mass is 19.4. The van der Waals surface area contributed by atoms with Crippen molar-refractivity contribution in [1.82, 2.24) is 4.90 Å². The van der Waals surface area contributed by atoms with Gasteiger partial charge in [-0.3, -0.25) is 4.79 Å². The Balaban J connectivity index is 3.40. The summed E-state index contributed by atoms with van der Waals surface area (Å²) in [4.78, 5) is 14.7. The Kier molecular flexibility index (Phi) is 8.96. The Morgan fingerprint density at radius 3 is 2.30 bits per heavy atom. The lowest BCUT2D eigenvalue weighted by Gasteiger charge is -2.35. The number of halogens is 6. The molecule has 0 aliphatic heterocycles. The third kappa shape index (κ3) is 7.09. The molecule has 0 aliphatic carbocycles. The van der Waals surface area contributed by atoms with Crippen LogP contribution >= 0.6 is 0 Å². The van der Waals surface area contributed by atoms with E-state index in [1.807, 2.05) is 0 Å². The first-order chi connectivity index (χ1) is 13.9. The molecule has 0 bridgehead atoms. The first-order valence-corrected chi connectivity index (χ1v) is 9.08. The smallest absolute Gasteiger partial charge is 0.383 e. The van der Waals surface area contributed by atoms with Crippen LogP contribution in [0, 0.1) is 11.3 Å². The molecule has 0 unspecified atom stereocenters. The monoisotopic (exact) mass is 439 g/mol. The first kappa shape index (κ1) is 25.6. The number of amides is 1. The number of nitriles is 1. The molecule has 168 valence electrons. The van der Waals surface area contributed by atoms with Crippen LogP contribution in [0.25, 0.3) is 0 Å². The molecule has 30 heavy (non-hydrogen) atoms. The molecule has 0 fully saturated rings. The summed E-state index contributed by atoms with van der Waals surface area (Å²) in [5.74, 6) is -0.670. The van der Waals surface area contributed by atoms with Crippen LogP contribution in [0.2, 0.25) is 0 Å². The number of ether oxygens (including phenoxy) is 1. The predicted molar refractivity (Wildman–Crippen MR) is 97.8 cm³/mol. The van der Waals surface area contributed by atoms with Gasteiger partial charge >= 0.3 is 12.4 Å². The molecule has 0 saturated carbocycles. The van der Waals surface area contributed by atoms with Crippen molar-refractivity contribution in [3.05, 3.63) is 29.3 Å². The van der Waals surface area contributed by atoms with Crippen LogP contribution in [-0.2, 0) is 15.7 Å². The fourth-order valence-electron chi connectivity index (χ4n) is 2.89. The number of hydrogen-bond donors (Lipinski definition) is 0. The summed E-state index contributed by atoms with van der Waals surface area (Å²) in [5.41, 5.74) is -2.54. The van der Waals surface area contributed by atoms with E-state index in [0.717, 1.165) is 12.1 Å². The van der Waals surface area contributed by atoms with Crippen LogP contribution < -0.4 is 4.90 Å². The Morgan fingerprint density at radius 1 is 1.20 bits per heavy atom. The van der Waals surface area contributed by atoms with Crippen molar-refractivity contribution in [2.45, 2.75) is 38.7 Å². The number of benzene rings is 1. The van der Waals surface area contributed by atoms with Gasteiger partial charge in [0.25, 0.3) is 0 Å². The highest BCUT2D eigenvalue weighted by Crippen LogP contribution is 2.35. The normalized spacial score (nSPS) is 12.9. The minimum Gasteiger partial charge on any atom is -0.383 e. The zero-order chi connectivity index (χ0) is 23.1. The molecule has 1 amide bonds. The maximum absolute atomic E-state index is 13.3. The van der Waals surface area contributed by atoms with E-state index in [4.69, 9.17) is 10.00 Å². The fourth-order valence-corrected chi connectivity index (χ4v) is 2.89. The summed E-state index contributed by atoms with van der Waals surface area (Å²) in [6.07, 6.45) is -9.18. The molecule has 0 spiro atoms. The van der Waals surface area contributed by atoms with Gasteiger partial charge in [0.1, 0.15) is 12.6 Å². The topological polar surface area (TPSA) is 56.6 Å². The van der Waals surface area contributed by atoms with Gasteiger partial charge in [-0.1, -0.05) is 6.92 Å². The lowest BCUT2D eigenvalue weighted by atomic mass is 10.1. The zero-order valence-electron chi connectivity index (χ0n) is 16.8. The van der Waals surface area contributed by atoms with Crippen molar-refractivity contribution in [2.24, 2.45) is 0 Å². The van der Waals surface area contributed by atoms with Crippen LogP contribution in [0.5, 0.6) is 0 Å². The average Bonchev–Trinajstić information content (AvgIpc) is 2.66. The van der Waals surface area contributed by atoms with Crippen molar-refractivity contribution < 1.29 is 35.9 Å². The summed E-state index contributed by atoms with van der Waals surface area (Å²) >= 11 is 0. The molecule has 5 nitrogen and oxygen atoms in total. The van der Waals surface area contributed by atoms with Gasteiger partial charge in [-0.05, 0) is 31.5 Å². The molecule has 11 heteroatoms. The van der Waals surface area contributed by atoms with Gasteiger partial charge in [-0.25, -0.2) is 0 Å². The van der Waals surface area contributed by atoms with Gasteiger partial charge in [-0.15, -0.1) is 0 Å². The molecule has 0 aliphatic rings. The molecule has 1 atom stereocenters. The predicted octanol–water partition coefficient (Wildman–Crippen LogP) is 4.22. The van der Waals surface area contributed by atoms with Crippen molar-refractivity contribution in [2.75, 3.05) is 38.3 Å². The molecular formula is C19H23F6N3O2. The lowest BCUT2D eigenvalue weighted by Crippen LogP contribution is -2.51. The molecular weight excluding hydrogens is 416 g/mol. The molecule has 0 aromatic heterocycles. The van der Waals surface area contributed by atoms with E-state index < -0.39 is 47.7 Å². The van der Waals surface area contributed by atoms with E-state index in [-0.39, 0.29) is 19.7 Å². The maximum atomic E-state index is 13.3. The number of rotatable bonds is 9. The van der Waals surface area contributed by atoms with E-state index in [2.05, 4.69) is 0 Å². The summed E-state index contributed by atoms with van der Waals surface area (Å²) in [7, 11) is 1.41. The Morgan fingerprint density at radius 2 is 1.83 bits per heavy atom. The Bertz CT molecular complexity index is 758. The number of nitrogens with zero attached hydrogens (tertiary/aromatic N) is 3. The van der Waals surface area contributed by atoms with Crippen LogP contribution in [0.1, 0.15) is 31.4 Å². The van der Waals surface area contributed by atoms with Gasteiger partial charge in [0.05, 0.1) is 23.8 Å². The second kappa shape index (κ2) is 10.5. The lowest BCUT2D eigenvalue weighted by molar-refractivity contribution is -0.137. The van der Waals surface area contributed by atoms with Gasteiger partial charge in [-0.2, -0.15) is 31.6 Å². The number of anilines is 1. The highest BCUT2D eigenvalue weighted by Gasteiger charge is 2.38. The van der Waals surface area contributed by atoms with Crippen LogP contribution in [0.4, 0.5) is 32.0 Å². The van der Waals surface area contributed by atoms with Crippen LogP contribution in [0.3, 0.4) is 0 Å². The van der Waals surface area contributed by atoms with Crippen LogP contribution in [0.15, 0.2) is 18.2 Å². The quantitative estimate of drug-likeness (QED) is 0.541. The van der Waals surface area contributed by atoms with Crippen molar-refractivity contribution >= 4 is 11.6 Å². The van der Waals surface area contributed by atoms with Gasteiger partial charge < -0.3 is 14.5 Å². The summed E-state index contributed by atoms with van der Waals surface area (Å²) in [5, 5.41) is 8.89. The molecule has 1 aromatic rings. The van der Waals surface area contributed by atoms with E-state index in [9.17, 15) is 31.1 Å². The number of hydrogen-bond acceptors (Lipinski definition) is 4. The second-order valence-corrected chi connectivity index (χ2v) is 6.58. The van der Waals surface area contributed by atoms with Gasteiger partial charge in [0.15, 0.2) is 0 Å². The molecule has 1 aromatic carbocycles. The van der Waals surface area contributed by atoms with Gasteiger partial charge in [0.2, 0.25) is 5.91 Å². The van der Waals surface area contributed by atoms with E-state index >= 15 is 0 Å². The van der Waals surface area contributed by atoms with Crippen molar-refractivity contribution in [3.63, 3.8) is 0 Å². The molecule has 1 rings (SSSR count). The molecule has 0 saturated heterocycles. The largest absolute Gasteiger partial charge is 0.417 e. The third-order valence-electron chi connectivity index (χ3n) is 4.31. The van der Waals surface area contributed by atoms with E-state index in [1.54, 1.807) is 6.92 Å². The van der Waals surface area contributed by atoms with Gasteiger partial charge in [0, 0.05) is 25.9 Å². The maximum Gasteiger partial charge on any atom is 0.417 e.